The number of allylic oxidation sites excluding steroid dienone is 4. The molecule has 0 saturated carbocycles. The second-order valence-electron chi connectivity index (χ2n) is 14.3. The Morgan fingerprint density at radius 2 is 1.63 bits per heavy atom. The standard InChI is InChI=1S/C44H48N4O6/c1-6-45-37-21-41(39(51-4)19-35(37)43(49)47-16-15-30-11-7-9-13-32(30)24-47)53-26-28(2)17-29(3)27-54-42-22-38-36(20-40(42)52-5)44(50)48-25-33-14-10-8-12-31(33)18-34(48)23-46-38/h6-8,11-12,17,19-23,34H,3,9-10,13-16,18,24-27H2,1-2,4-5H3/b28-17+,45-6?. The summed E-state index contributed by atoms with van der Waals surface area (Å²) in [4.78, 5) is 40.7. The van der Waals surface area contributed by atoms with Crippen LogP contribution in [0.2, 0.25) is 0 Å². The van der Waals surface area contributed by atoms with Crippen LogP contribution in [-0.4, -0.2) is 87.2 Å². The zero-order chi connectivity index (χ0) is 37.8. The molecule has 280 valence electrons. The van der Waals surface area contributed by atoms with Gasteiger partial charge < -0.3 is 28.7 Å². The van der Waals surface area contributed by atoms with E-state index in [4.69, 9.17) is 23.9 Å². The van der Waals surface area contributed by atoms with Crippen molar-refractivity contribution in [3.05, 3.63) is 106 Å². The number of benzene rings is 2. The van der Waals surface area contributed by atoms with Crippen LogP contribution < -0.4 is 18.9 Å². The van der Waals surface area contributed by atoms with E-state index in [9.17, 15) is 9.59 Å². The van der Waals surface area contributed by atoms with Crippen molar-refractivity contribution in [3.63, 3.8) is 0 Å². The van der Waals surface area contributed by atoms with Crippen molar-refractivity contribution >= 4 is 35.6 Å². The molecule has 1 atom stereocenters. The number of carbonyl (C=O) groups excluding carboxylic acids is 2. The van der Waals surface area contributed by atoms with Crippen LogP contribution in [0, 0.1) is 0 Å². The molecule has 0 aromatic heterocycles. The molecule has 10 nitrogen and oxygen atoms in total. The van der Waals surface area contributed by atoms with Gasteiger partial charge >= 0.3 is 0 Å². The number of ether oxygens (including phenoxy) is 4. The Kier molecular flexibility index (Phi) is 11.0. The zero-order valence-electron chi connectivity index (χ0n) is 31.7. The number of methoxy groups -OCH3 is 2. The van der Waals surface area contributed by atoms with Crippen molar-refractivity contribution in [1.29, 1.82) is 0 Å². The fourth-order valence-electron chi connectivity index (χ4n) is 7.73. The second kappa shape index (κ2) is 16.2. The number of carbonyl (C=O) groups is 2. The summed E-state index contributed by atoms with van der Waals surface area (Å²) in [5.41, 5.74) is 9.05. The molecule has 54 heavy (non-hydrogen) atoms. The molecule has 10 heteroatoms. The molecule has 1 unspecified atom stereocenters. The predicted molar refractivity (Wildman–Crippen MR) is 213 cm³/mol. The Labute approximate surface area is 317 Å². The maximum absolute atomic E-state index is 13.8. The van der Waals surface area contributed by atoms with Crippen molar-refractivity contribution in [1.82, 2.24) is 9.80 Å². The van der Waals surface area contributed by atoms with Gasteiger partial charge in [-0.3, -0.25) is 19.6 Å². The first-order chi connectivity index (χ1) is 26.3. The third-order valence-corrected chi connectivity index (χ3v) is 10.5. The van der Waals surface area contributed by atoms with Gasteiger partial charge in [-0.2, -0.15) is 0 Å². The minimum absolute atomic E-state index is 0.0524. The summed E-state index contributed by atoms with van der Waals surface area (Å²) in [5, 5.41) is 0. The van der Waals surface area contributed by atoms with Gasteiger partial charge in [-0.15, -0.1) is 0 Å². The van der Waals surface area contributed by atoms with Gasteiger partial charge in [0.1, 0.15) is 13.2 Å². The normalized spacial score (nSPS) is 19.3. The lowest BCUT2D eigenvalue weighted by Gasteiger charge is -2.36. The van der Waals surface area contributed by atoms with Crippen LogP contribution in [0.3, 0.4) is 0 Å². The van der Waals surface area contributed by atoms with Crippen molar-refractivity contribution in [3.8, 4) is 23.0 Å². The van der Waals surface area contributed by atoms with Crippen LogP contribution in [0.15, 0.2) is 105 Å². The van der Waals surface area contributed by atoms with E-state index in [0.29, 0.717) is 70.7 Å². The van der Waals surface area contributed by atoms with E-state index >= 15 is 0 Å². The van der Waals surface area contributed by atoms with Gasteiger partial charge in [-0.05, 0) is 97.9 Å². The van der Waals surface area contributed by atoms with Gasteiger partial charge in [0.15, 0.2) is 23.0 Å². The molecule has 0 saturated heterocycles. The number of hydrogen-bond donors (Lipinski definition) is 0. The average molecular weight is 729 g/mol. The molecule has 2 aromatic carbocycles. The monoisotopic (exact) mass is 728 g/mol. The Morgan fingerprint density at radius 3 is 2.39 bits per heavy atom. The molecule has 0 N–H and O–H groups in total. The summed E-state index contributed by atoms with van der Waals surface area (Å²) in [6.45, 7) is 10.3. The molecular weight excluding hydrogens is 681 g/mol. The first-order valence-electron chi connectivity index (χ1n) is 18.7. The van der Waals surface area contributed by atoms with Crippen molar-refractivity contribution < 1.29 is 28.5 Å². The molecule has 2 aliphatic carbocycles. The molecule has 0 radical (unpaired) electrons. The Morgan fingerprint density at radius 1 is 0.926 bits per heavy atom. The van der Waals surface area contributed by atoms with Gasteiger partial charge in [-0.1, -0.05) is 37.0 Å². The SMILES string of the molecule is C=C(/C=C(\C)COc1cc(N=CC)c(C(=O)N2CCC3=C(CCC=C3)C2)cc1OC)COc1cc2c(cc1OC)C(=O)N1CC3=C(C=CCC3)CC1C=N2. The average Bonchev–Trinajstić information content (AvgIpc) is 3.32. The fraction of sp³-hybridized carbons (Fsp3) is 0.364. The van der Waals surface area contributed by atoms with Crippen LogP contribution >= 0.6 is 0 Å². The van der Waals surface area contributed by atoms with Crippen LogP contribution in [0.5, 0.6) is 23.0 Å². The van der Waals surface area contributed by atoms with E-state index in [1.807, 2.05) is 35.9 Å². The predicted octanol–water partition coefficient (Wildman–Crippen LogP) is 8.46. The highest BCUT2D eigenvalue weighted by Crippen LogP contribution is 2.40. The van der Waals surface area contributed by atoms with Crippen LogP contribution in [0.1, 0.15) is 73.1 Å². The van der Waals surface area contributed by atoms with E-state index in [1.165, 1.54) is 22.3 Å². The quantitative estimate of drug-likeness (QED) is 0.170. The molecule has 2 aromatic rings. The minimum atomic E-state index is -0.0938. The summed E-state index contributed by atoms with van der Waals surface area (Å²) >= 11 is 0. The third-order valence-electron chi connectivity index (χ3n) is 10.5. The first-order valence-corrected chi connectivity index (χ1v) is 18.7. The molecule has 0 bridgehead atoms. The Hall–Kier alpha value is -5.64. The number of fused-ring (bicyclic) bond motifs is 2. The molecular formula is C44H48N4O6. The topological polar surface area (TPSA) is 102 Å². The van der Waals surface area contributed by atoms with E-state index in [0.717, 1.165) is 44.1 Å². The van der Waals surface area contributed by atoms with Gasteiger partial charge in [0.25, 0.3) is 11.8 Å². The highest BCUT2D eigenvalue weighted by Gasteiger charge is 2.34. The van der Waals surface area contributed by atoms with E-state index < -0.39 is 0 Å². The molecule has 3 heterocycles. The van der Waals surface area contributed by atoms with Crippen molar-refractivity contribution in [2.24, 2.45) is 9.98 Å². The molecule has 3 aliphatic heterocycles. The van der Waals surface area contributed by atoms with Crippen LogP contribution in [0.25, 0.3) is 0 Å². The molecule has 2 amide bonds. The number of hydrogen-bond acceptors (Lipinski definition) is 8. The fourth-order valence-corrected chi connectivity index (χ4v) is 7.73. The van der Waals surface area contributed by atoms with E-state index in [2.05, 4.69) is 35.9 Å². The lowest BCUT2D eigenvalue weighted by Crippen LogP contribution is -2.45. The first kappa shape index (κ1) is 36.7. The highest BCUT2D eigenvalue weighted by molar-refractivity contribution is 6.04. The van der Waals surface area contributed by atoms with Gasteiger partial charge in [0, 0.05) is 44.2 Å². The van der Waals surface area contributed by atoms with Crippen LogP contribution in [-0.2, 0) is 0 Å². The van der Waals surface area contributed by atoms with Gasteiger partial charge in [0.05, 0.1) is 42.8 Å². The Bertz CT molecular complexity index is 2080. The van der Waals surface area contributed by atoms with Gasteiger partial charge in [-0.25, -0.2) is 0 Å². The zero-order valence-corrected chi connectivity index (χ0v) is 31.7. The smallest absolute Gasteiger partial charge is 0.257 e. The summed E-state index contributed by atoms with van der Waals surface area (Å²) < 4.78 is 23.8. The maximum Gasteiger partial charge on any atom is 0.257 e. The third kappa shape index (κ3) is 7.69. The Balaban J connectivity index is 1.00. The second-order valence-corrected chi connectivity index (χ2v) is 14.3. The number of nitrogens with zero attached hydrogens (tertiary/aromatic N) is 4. The molecule has 5 aliphatic rings. The lowest BCUT2D eigenvalue weighted by atomic mass is 9.88. The molecule has 0 fully saturated rings. The largest absolute Gasteiger partial charge is 0.493 e. The highest BCUT2D eigenvalue weighted by atomic mass is 16.5. The molecule has 7 rings (SSSR count). The number of rotatable bonds is 11. The van der Waals surface area contributed by atoms with Gasteiger partial charge in [0.2, 0.25) is 0 Å². The summed E-state index contributed by atoms with van der Waals surface area (Å²) in [6.07, 6.45) is 19.9. The van der Waals surface area contributed by atoms with Crippen molar-refractivity contribution in [2.45, 2.75) is 58.4 Å². The lowest BCUT2D eigenvalue weighted by molar-refractivity contribution is 0.0733. The van der Waals surface area contributed by atoms with E-state index in [-0.39, 0.29) is 31.1 Å². The molecule has 0 spiro atoms. The van der Waals surface area contributed by atoms with E-state index in [1.54, 1.807) is 44.7 Å². The minimum Gasteiger partial charge on any atom is -0.493 e. The number of amides is 2. The maximum atomic E-state index is 13.8. The number of aliphatic imine (C=N–C) groups is 2. The van der Waals surface area contributed by atoms with Crippen LogP contribution in [0.4, 0.5) is 11.4 Å². The summed E-state index contributed by atoms with van der Waals surface area (Å²) in [7, 11) is 3.13. The summed E-state index contributed by atoms with van der Waals surface area (Å²) in [5.74, 6) is 1.76. The summed E-state index contributed by atoms with van der Waals surface area (Å²) in [6, 6.07) is 6.90. The van der Waals surface area contributed by atoms with Crippen molar-refractivity contribution in [2.75, 3.05) is 47.1 Å².